The molecule has 3 fully saturated rings. The number of carbonyl (C=O) groups is 3. The number of hydrogen-bond acceptors (Lipinski definition) is 15. The molecule has 0 atom stereocenters. The predicted molar refractivity (Wildman–Crippen MR) is 348 cm³/mol. The van der Waals surface area contributed by atoms with Crippen molar-refractivity contribution in [3.05, 3.63) is 156 Å². The summed E-state index contributed by atoms with van der Waals surface area (Å²) in [7, 11) is -11.7. The molecule has 2 aliphatic heterocycles. The number of nitrogens with zero attached hydrogens (tertiary/aromatic N) is 1. The van der Waals surface area contributed by atoms with Crippen molar-refractivity contribution < 1.29 is 53.8 Å². The van der Waals surface area contributed by atoms with Crippen molar-refractivity contribution >= 4 is 152 Å². The van der Waals surface area contributed by atoms with Gasteiger partial charge in [0.25, 0.3) is 17.7 Å². The molecule has 8 N–H and O–H groups in total. The third kappa shape index (κ3) is 20.8. The molecule has 6 aromatic carbocycles. The van der Waals surface area contributed by atoms with Gasteiger partial charge in [-0.3, -0.25) is 19.1 Å². The number of anilines is 6. The van der Waals surface area contributed by atoms with Crippen molar-refractivity contribution in [3.63, 3.8) is 0 Å². The molecule has 9 rings (SSSR count). The van der Waals surface area contributed by atoms with Crippen molar-refractivity contribution in [2.75, 3.05) is 75.1 Å². The lowest BCUT2D eigenvalue weighted by Gasteiger charge is -2.25. The lowest BCUT2D eigenvalue weighted by atomic mass is 9.97. The molecule has 3 aliphatic rings. The number of hydrogen-bond donors (Lipinski definition) is 7. The number of nitrogen functional groups attached to an aromatic ring is 1. The van der Waals surface area contributed by atoms with Gasteiger partial charge in [-0.15, -0.1) is 0 Å². The molecule has 0 spiro atoms. The van der Waals surface area contributed by atoms with Gasteiger partial charge in [-0.25, -0.2) is 25.3 Å². The van der Waals surface area contributed by atoms with Crippen LogP contribution in [-0.4, -0.2) is 106 Å². The highest BCUT2D eigenvalue weighted by atomic mass is 35.5. The van der Waals surface area contributed by atoms with E-state index in [1.165, 1.54) is 42.8 Å². The van der Waals surface area contributed by atoms with Crippen LogP contribution < -0.4 is 55.0 Å². The summed E-state index contributed by atoms with van der Waals surface area (Å²) in [4.78, 5) is 38.6. The monoisotopic (exact) mass is 1370 g/mol. The lowest BCUT2D eigenvalue weighted by Crippen LogP contribution is -2.35. The van der Waals surface area contributed by atoms with Crippen molar-refractivity contribution in [1.29, 1.82) is 0 Å². The molecule has 2 saturated heterocycles. The van der Waals surface area contributed by atoms with Gasteiger partial charge in [0.2, 0.25) is 30.1 Å². The Hall–Kier alpha value is -5.96. The number of ether oxygens (including phenoxy) is 3. The van der Waals surface area contributed by atoms with E-state index in [1.807, 2.05) is 0 Å². The topological polar surface area (TPSA) is 283 Å². The van der Waals surface area contributed by atoms with Crippen LogP contribution in [0.25, 0.3) is 0 Å². The van der Waals surface area contributed by atoms with E-state index in [1.54, 1.807) is 66.7 Å². The first-order valence-electron chi connectivity index (χ1n) is 27.2. The summed E-state index contributed by atoms with van der Waals surface area (Å²) >= 11 is 36.8. The average Bonchev–Trinajstić information content (AvgIpc) is 3.06. The molecule has 1 aliphatic carbocycles. The molecule has 0 aromatic heterocycles. The van der Waals surface area contributed by atoms with Crippen LogP contribution in [0.5, 0.6) is 17.2 Å². The number of carbonyl (C=O) groups excluding carboxylic acids is 3. The minimum Gasteiger partial charge on any atom is -0.490 e. The normalized spacial score (nSPS) is 15.0. The summed E-state index contributed by atoms with van der Waals surface area (Å²) in [5.41, 5.74) is 8.21. The van der Waals surface area contributed by atoms with Crippen LogP contribution in [0, 0.1) is 0 Å². The molecule has 3 amide bonds. The fraction of sp³-hybridized carbons (Fsp3) is 0.328. The van der Waals surface area contributed by atoms with Crippen LogP contribution >= 0.6 is 69.6 Å². The van der Waals surface area contributed by atoms with Gasteiger partial charge >= 0.3 is 0 Å². The Morgan fingerprint density at radius 2 is 0.839 bits per heavy atom. The van der Waals surface area contributed by atoms with E-state index in [0.717, 1.165) is 102 Å². The van der Waals surface area contributed by atoms with Crippen LogP contribution in [0.2, 0.25) is 30.1 Å². The molecular formula is C58H64Cl6N8O12S3. The molecule has 29 heteroatoms. The van der Waals surface area contributed by atoms with Crippen molar-refractivity contribution in [2.24, 2.45) is 0 Å². The van der Waals surface area contributed by atoms with E-state index < -0.39 is 41.9 Å². The zero-order valence-corrected chi connectivity index (χ0v) is 54.2. The highest BCUT2D eigenvalue weighted by Gasteiger charge is 2.29. The van der Waals surface area contributed by atoms with E-state index >= 15 is 0 Å². The maximum atomic E-state index is 13.0. The van der Waals surface area contributed by atoms with Crippen LogP contribution in [-0.2, 0) is 30.1 Å². The summed E-state index contributed by atoms with van der Waals surface area (Å²) in [5, 5.41) is 16.4. The lowest BCUT2D eigenvalue weighted by molar-refractivity contribution is 0.100. The quantitative estimate of drug-likeness (QED) is 0.0418. The van der Waals surface area contributed by atoms with E-state index in [2.05, 4.69) is 31.3 Å². The van der Waals surface area contributed by atoms with Gasteiger partial charge in [0, 0.05) is 20.8 Å². The molecule has 0 radical (unpaired) electrons. The molecule has 6 aromatic rings. The average molecular weight is 1370 g/mol. The number of nitrogens with two attached hydrogens (primary N) is 1. The number of nitrogens with one attached hydrogen (secondary N) is 6. The molecular weight excluding hydrogens is 1310 g/mol. The maximum absolute atomic E-state index is 13.0. The second-order valence-corrected chi connectivity index (χ2v) is 28.7. The molecule has 1 saturated carbocycles. The van der Waals surface area contributed by atoms with E-state index in [-0.39, 0.29) is 54.9 Å². The van der Waals surface area contributed by atoms with Gasteiger partial charge in [-0.05, 0) is 187 Å². The van der Waals surface area contributed by atoms with Crippen molar-refractivity contribution in [2.45, 2.75) is 76.1 Å². The standard InChI is InChI=1S/C20H23Cl2N3O6S2.C19H21Cl2N3O4S.C19H20Cl2N2O2/c1-32(27,28)25(33(2,29)30)14-4-5-18(17(22)12-14)24-20(26)16-11-13(21)3-6-19(16)31-15-7-9-23-10-8-15;1-29(26,27)24-13-3-4-17(16(21)11-13)23-19(25)15-10-12(20)2-5-18(15)28-14-6-8-22-9-7-14;20-12-6-9-18(25-14-4-2-1-3-5-14)15(10-12)19(24)23-17-8-7-13(22)11-16(17)21/h3-6,11-12,15,23H,7-10H2,1-2H3,(H,24,26);2-5,10-11,14,22,24H,6-9H2,1H3,(H,23,25);6-11,14H,1-5,22H2,(H,23,24). The Labute approximate surface area is 536 Å². The SMILES string of the molecule is CS(=O)(=O)N(c1ccc(NC(=O)c2cc(Cl)ccc2OC2CCNCC2)c(Cl)c1)S(C)(=O)=O.CS(=O)(=O)Nc1ccc(NC(=O)c2cc(Cl)ccc2OC2CCNCC2)c(Cl)c1.Nc1ccc(NC(=O)c2cc(Cl)ccc2OC2CCCCC2)c(Cl)c1. The van der Waals surface area contributed by atoms with Gasteiger partial charge in [-0.1, -0.05) is 76.0 Å². The second kappa shape index (κ2) is 31.0. The fourth-order valence-corrected chi connectivity index (χ4v) is 14.1. The van der Waals surface area contributed by atoms with E-state index in [0.29, 0.717) is 71.2 Å². The molecule has 87 heavy (non-hydrogen) atoms. The Morgan fingerprint density at radius 3 is 1.21 bits per heavy atom. The molecule has 0 bridgehead atoms. The minimum absolute atomic E-state index is 0.0221. The van der Waals surface area contributed by atoms with Gasteiger partial charge < -0.3 is 46.5 Å². The second-order valence-electron chi connectivity index (χ2n) is 20.5. The van der Waals surface area contributed by atoms with Gasteiger partial charge in [0.05, 0.1) is 85.1 Å². The maximum Gasteiger partial charge on any atom is 0.259 e. The number of halogens is 6. The summed E-state index contributed by atoms with van der Waals surface area (Å²) in [5.74, 6) is 0.0730. The zero-order chi connectivity index (χ0) is 63.2. The molecule has 0 unspecified atom stereocenters. The Bertz CT molecular complexity index is 3780. The summed E-state index contributed by atoms with van der Waals surface area (Å²) in [6.45, 7) is 3.37. The van der Waals surface area contributed by atoms with Crippen molar-refractivity contribution in [3.8, 4) is 17.2 Å². The largest absolute Gasteiger partial charge is 0.490 e. The number of benzene rings is 6. The Kier molecular flexibility index (Phi) is 24.4. The minimum atomic E-state index is -4.13. The first-order chi connectivity index (χ1) is 41.1. The van der Waals surface area contributed by atoms with Crippen LogP contribution in [0.15, 0.2) is 109 Å². The van der Waals surface area contributed by atoms with Crippen LogP contribution in [0.4, 0.5) is 34.1 Å². The Morgan fingerprint density at radius 1 is 0.471 bits per heavy atom. The van der Waals surface area contributed by atoms with Gasteiger partial charge in [-0.2, -0.15) is 3.71 Å². The van der Waals surface area contributed by atoms with E-state index in [9.17, 15) is 39.6 Å². The Balaban J connectivity index is 0.000000188. The highest BCUT2D eigenvalue weighted by molar-refractivity contribution is 8.09. The number of piperidine rings is 2. The van der Waals surface area contributed by atoms with E-state index in [4.69, 9.17) is 89.5 Å². The predicted octanol–water partition coefficient (Wildman–Crippen LogP) is 12.4. The first kappa shape index (κ1) is 68.5. The van der Waals surface area contributed by atoms with Crippen LogP contribution in [0.3, 0.4) is 0 Å². The smallest absolute Gasteiger partial charge is 0.259 e. The third-order valence-electron chi connectivity index (χ3n) is 13.3. The van der Waals surface area contributed by atoms with Gasteiger partial charge in [0.15, 0.2) is 0 Å². The third-order valence-corrected chi connectivity index (χ3v) is 18.8. The zero-order valence-electron chi connectivity index (χ0n) is 47.2. The summed E-state index contributed by atoms with van der Waals surface area (Å²) < 4.78 is 91.3. The molecule has 468 valence electrons. The number of sulfonamides is 3. The highest BCUT2D eigenvalue weighted by Crippen LogP contribution is 2.35. The van der Waals surface area contributed by atoms with Gasteiger partial charge in [0.1, 0.15) is 29.5 Å². The molecule has 2 heterocycles. The summed E-state index contributed by atoms with van der Waals surface area (Å²) in [6, 6.07) is 27.8. The fourth-order valence-electron chi connectivity index (χ4n) is 9.34. The van der Waals surface area contributed by atoms with Crippen LogP contribution in [0.1, 0.15) is 88.9 Å². The first-order valence-corrected chi connectivity index (χ1v) is 35.0. The summed E-state index contributed by atoms with van der Waals surface area (Å²) in [6.07, 6.45) is 11.6. The number of rotatable bonds is 17. The van der Waals surface area contributed by atoms with Crippen molar-refractivity contribution in [1.82, 2.24) is 10.6 Å². The molecule has 20 nitrogen and oxygen atoms in total. The number of amides is 3.